The van der Waals surface area contributed by atoms with Crippen LogP contribution in [0, 0.1) is 0 Å². The van der Waals surface area contributed by atoms with Crippen LogP contribution in [0.4, 0.5) is 0 Å². The number of hydrogen-bond acceptors (Lipinski definition) is 4. The Balaban J connectivity index is 1.36. The van der Waals surface area contributed by atoms with Gasteiger partial charge in [-0.15, -0.1) is 11.3 Å². The van der Waals surface area contributed by atoms with Crippen LogP contribution in [0.25, 0.3) is 10.9 Å². The fourth-order valence-electron chi connectivity index (χ4n) is 2.87. The summed E-state index contributed by atoms with van der Waals surface area (Å²) in [6.07, 6.45) is 3.06. The van der Waals surface area contributed by atoms with Crippen LogP contribution in [0.15, 0.2) is 63.2 Å². The number of aryl methyl sites for hydroxylation is 1. The highest BCUT2D eigenvalue weighted by Gasteiger charge is 2.13. The minimum absolute atomic E-state index is 0.288. The van der Waals surface area contributed by atoms with Gasteiger partial charge in [-0.05, 0) is 35.4 Å². The van der Waals surface area contributed by atoms with Gasteiger partial charge >= 0.3 is 0 Å². The van der Waals surface area contributed by atoms with Crippen LogP contribution < -0.4 is 15.4 Å². The Kier molecular flexibility index (Phi) is 7.07. The van der Waals surface area contributed by atoms with Crippen molar-refractivity contribution in [1.29, 1.82) is 0 Å². The Morgan fingerprint density at radius 3 is 2.68 bits per heavy atom. The van der Waals surface area contributed by atoms with Crippen LogP contribution in [0.1, 0.15) is 6.42 Å². The van der Waals surface area contributed by atoms with Crippen molar-refractivity contribution in [2.75, 3.05) is 26.7 Å². The van der Waals surface area contributed by atoms with Gasteiger partial charge in [-0.1, -0.05) is 24.3 Å². The number of fused-ring (bicyclic) bond motifs is 1. The molecule has 0 aliphatic heterocycles. The van der Waals surface area contributed by atoms with E-state index in [0.29, 0.717) is 16.7 Å². The van der Waals surface area contributed by atoms with Crippen LogP contribution in [0.2, 0.25) is 0 Å². The lowest BCUT2D eigenvalue weighted by Crippen LogP contribution is -2.41. The summed E-state index contributed by atoms with van der Waals surface area (Å²) in [4.78, 5) is 4.17. The van der Waals surface area contributed by atoms with E-state index in [-0.39, 0.29) is 6.54 Å². The van der Waals surface area contributed by atoms with Crippen molar-refractivity contribution in [3.8, 4) is 0 Å². The zero-order valence-corrected chi connectivity index (χ0v) is 17.4. The number of sulfonamides is 1. The van der Waals surface area contributed by atoms with E-state index in [1.807, 2.05) is 6.07 Å². The summed E-state index contributed by atoms with van der Waals surface area (Å²) in [7, 11) is -1.72. The SMILES string of the molecule is CN=C(NCCCn1ccc2ccccc21)NCCNS(=O)(=O)c1cccs1. The quantitative estimate of drug-likeness (QED) is 0.282. The first kappa shape index (κ1) is 20.4. The van der Waals surface area contributed by atoms with Crippen molar-refractivity contribution in [2.45, 2.75) is 17.2 Å². The van der Waals surface area contributed by atoms with E-state index in [9.17, 15) is 8.42 Å². The van der Waals surface area contributed by atoms with Gasteiger partial charge in [-0.2, -0.15) is 0 Å². The Morgan fingerprint density at radius 2 is 1.89 bits per heavy atom. The molecule has 0 saturated carbocycles. The van der Waals surface area contributed by atoms with E-state index in [1.54, 1.807) is 24.6 Å². The highest BCUT2D eigenvalue weighted by Crippen LogP contribution is 2.15. The number of thiophene rings is 1. The molecule has 0 amide bonds. The first-order valence-corrected chi connectivity index (χ1v) is 11.5. The second-order valence-corrected chi connectivity index (χ2v) is 9.12. The second kappa shape index (κ2) is 9.72. The van der Waals surface area contributed by atoms with Crippen molar-refractivity contribution in [2.24, 2.45) is 4.99 Å². The Morgan fingerprint density at radius 1 is 1.07 bits per heavy atom. The zero-order chi connectivity index (χ0) is 19.8. The maximum absolute atomic E-state index is 12.0. The molecule has 7 nitrogen and oxygen atoms in total. The van der Waals surface area contributed by atoms with Gasteiger partial charge in [0.15, 0.2) is 5.96 Å². The molecule has 3 rings (SSSR count). The smallest absolute Gasteiger partial charge is 0.250 e. The number of para-hydroxylation sites is 1. The van der Waals surface area contributed by atoms with E-state index in [0.717, 1.165) is 19.5 Å². The summed E-state index contributed by atoms with van der Waals surface area (Å²) < 4.78 is 29.2. The number of benzene rings is 1. The lowest BCUT2D eigenvalue weighted by atomic mass is 10.2. The molecule has 2 aromatic heterocycles. The van der Waals surface area contributed by atoms with Gasteiger partial charge in [0.05, 0.1) is 0 Å². The van der Waals surface area contributed by atoms with Crippen LogP contribution in [0.3, 0.4) is 0 Å². The lowest BCUT2D eigenvalue weighted by molar-refractivity contribution is 0.582. The Labute approximate surface area is 169 Å². The Bertz CT molecular complexity index is 1010. The van der Waals surface area contributed by atoms with Gasteiger partial charge in [-0.3, -0.25) is 4.99 Å². The molecular formula is C19H25N5O2S2. The van der Waals surface area contributed by atoms with Gasteiger partial charge in [0.1, 0.15) is 4.21 Å². The van der Waals surface area contributed by atoms with Crippen molar-refractivity contribution in [3.63, 3.8) is 0 Å². The average Bonchev–Trinajstić information content (AvgIpc) is 3.37. The second-order valence-electron chi connectivity index (χ2n) is 6.18. The molecular weight excluding hydrogens is 394 g/mol. The molecule has 0 atom stereocenters. The highest BCUT2D eigenvalue weighted by atomic mass is 32.2. The molecule has 2 heterocycles. The largest absolute Gasteiger partial charge is 0.356 e. The molecule has 28 heavy (non-hydrogen) atoms. The molecule has 0 saturated heterocycles. The predicted molar refractivity (Wildman–Crippen MR) is 115 cm³/mol. The summed E-state index contributed by atoms with van der Waals surface area (Å²) in [5, 5.41) is 9.37. The first-order chi connectivity index (χ1) is 13.6. The standard InChI is InChI=1S/C19H25N5O2S2/c1-20-19(22-11-12-23-28(25,26)18-8-4-15-27-18)21-10-5-13-24-14-9-16-6-2-3-7-17(16)24/h2-4,6-9,14-15,23H,5,10-13H2,1H3,(H2,20,21,22). The van der Waals surface area contributed by atoms with E-state index in [1.165, 1.54) is 22.2 Å². The minimum atomic E-state index is -3.42. The van der Waals surface area contributed by atoms with Gasteiger partial charge in [0.25, 0.3) is 0 Å². The lowest BCUT2D eigenvalue weighted by Gasteiger charge is -2.12. The monoisotopic (exact) mass is 419 g/mol. The summed E-state index contributed by atoms with van der Waals surface area (Å²) >= 11 is 1.20. The fraction of sp³-hybridized carbons (Fsp3) is 0.316. The maximum atomic E-state index is 12.0. The normalized spacial score (nSPS) is 12.4. The van der Waals surface area contributed by atoms with Crippen LogP contribution in [0.5, 0.6) is 0 Å². The molecule has 150 valence electrons. The number of aromatic nitrogens is 1. The molecule has 0 unspecified atom stereocenters. The number of rotatable bonds is 9. The van der Waals surface area contributed by atoms with Gasteiger partial charge < -0.3 is 15.2 Å². The van der Waals surface area contributed by atoms with Crippen molar-refractivity contribution >= 4 is 38.2 Å². The highest BCUT2D eigenvalue weighted by molar-refractivity contribution is 7.91. The van der Waals surface area contributed by atoms with Gasteiger partial charge in [0.2, 0.25) is 10.0 Å². The molecule has 3 N–H and O–H groups in total. The van der Waals surface area contributed by atoms with E-state index >= 15 is 0 Å². The topological polar surface area (TPSA) is 87.5 Å². The van der Waals surface area contributed by atoms with Crippen LogP contribution in [-0.2, 0) is 16.6 Å². The molecule has 0 aliphatic carbocycles. The summed E-state index contributed by atoms with van der Waals surface area (Å²) in [6.45, 7) is 2.42. The van der Waals surface area contributed by atoms with Gasteiger partial charge in [0, 0.05) is 44.9 Å². The number of nitrogens with zero attached hydrogens (tertiary/aromatic N) is 2. The molecule has 0 fully saturated rings. The molecule has 0 radical (unpaired) electrons. The van der Waals surface area contributed by atoms with E-state index in [4.69, 9.17) is 0 Å². The molecule has 0 spiro atoms. The molecule has 9 heteroatoms. The van der Waals surface area contributed by atoms with Crippen molar-refractivity contribution in [1.82, 2.24) is 19.9 Å². The van der Waals surface area contributed by atoms with Gasteiger partial charge in [-0.25, -0.2) is 13.1 Å². The third-order valence-corrected chi connectivity index (χ3v) is 7.10. The van der Waals surface area contributed by atoms with Crippen molar-refractivity contribution < 1.29 is 8.42 Å². The first-order valence-electron chi connectivity index (χ1n) is 9.12. The summed E-state index contributed by atoms with van der Waals surface area (Å²) in [6, 6.07) is 13.8. The fourth-order valence-corrected chi connectivity index (χ4v) is 4.94. The zero-order valence-electron chi connectivity index (χ0n) is 15.8. The predicted octanol–water partition coefficient (Wildman–Crippen LogP) is 2.24. The number of hydrogen-bond donors (Lipinski definition) is 3. The third-order valence-electron chi connectivity index (χ3n) is 4.24. The van der Waals surface area contributed by atoms with E-state index in [2.05, 4.69) is 55.4 Å². The molecule has 0 bridgehead atoms. The summed E-state index contributed by atoms with van der Waals surface area (Å²) in [5.41, 5.74) is 1.24. The summed E-state index contributed by atoms with van der Waals surface area (Å²) in [5.74, 6) is 0.660. The average molecular weight is 420 g/mol. The molecule has 3 aromatic rings. The van der Waals surface area contributed by atoms with E-state index < -0.39 is 10.0 Å². The van der Waals surface area contributed by atoms with Crippen LogP contribution in [-0.4, -0.2) is 45.6 Å². The number of nitrogens with one attached hydrogen (secondary N) is 3. The maximum Gasteiger partial charge on any atom is 0.250 e. The van der Waals surface area contributed by atoms with Crippen molar-refractivity contribution in [3.05, 3.63) is 54.0 Å². The van der Waals surface area contributed by atoms with Crippen LogP contribution >= 0.6 is 11.3 Å². The third kappa shape index (κ3) is 5.34. The molecule has 1 aromatic carbocycles. The number of aliphatic imine (C=N–C) groups is 1. The molecule has 0 aliphatic rings. The minimum Gasteiger partial charge on any atom is -0.356 e. The Hall–Kier alpha value is -2.36. The number of guanidine groups is 1.